The normalized spacial score (nSPS) is 14.4. The van der Waals surface area contributed by atoms with Crippen molar-refractivity contribution in [3.8, 4) is 0 Å². The number of halogens is 1. The molecular formula is C23H26ClN3O2S. The van der Waals surface area contributed by atoms with Crippen LogP contribution in [0.4, 0.5) is 5.69 Å². The highest BCUT2D eigenvalue weighted by Gasteiger charge is 2.23. The van der Waals surface area contributed by atoms with Gasteiger partial charge < -0.3 is 10.2 Å². The first-order valence-electron chi connectivity index (χ1n) is 9.93. The summed E-state index contributed by atoms with van der Waals surface area (Å²) in [5.41, 5.74) is 1.67. The van der Waals surface area contributed by atoms with Gasteiger partial charge >= 0.3 is 0 Å². The van der Waals surface area contributed by atoms with Crippen LogP contribution in [-0.2, 0) is 16.0 Å². The number of thioether (sulfide) groups is 1. The van der Waals surface area contributed by atoms with Gasteiger partial charge in [-0.15, -0.1) is 18.3 Å². The molecule has 0 aromatic heterocycles. The second-order valence-corrected chi connectivity index (χ2v) is 8.54. The summed E-state index contributed by atoms with van der Waals surface area (Å²) < 4.78 is 0. The van der Waals surface area contributed by atoms with E-state index in [-0.39, 0.29) is 11.8 Å². The summed E-state index contributed by atoms with van der Waals surface area (Å²) in [4.78, 5) is 30.0. The highest BCUT2D eigenvalue weighted by molar-refractivity contribution is 7.99. The van der Waals surface area contributed by atoms with E-state index in [1.165, 1.54) is 0 Å². The predicted molar refractivity (Wildman–Crippen MR) is 124 cm³/mol. The lowest BCUT2D eigenvalue weighted by Crippen LogP contribution is -2.50. The monoisotopic (exact) mass is 443 g/mol. The molecule has 0 radical (unpaired) electrons. The topological polar surface area (TPSA) is 52.7 Å². The number of piperazine rings is 1. The number of para-hydroxylation sites is 1. The number of nitrogens with zero attached hydrogens (tertiary/aromatic N) is 2. The molecule has 2 aromatic carbocycles. The van der Waals surface area contributed by atoms with Crippen LogP contribution in [0.5, 0.6) is 0 Å². The van der Waals surface area contributed by atoms with E-state index in [9.17, 15) is 9.59 Å². The second-order valence-electron chi connectivity index (χ2n) is 7.07. The van der Waals surface area contributed by atoms with E-state index in [2.05, 4.69) is 16.8 Å². The van der Waals surface area contributed by atoms with Crippen LogP contribution in [0, 0.1) is 0 Å². The fourth-order valence-electron chi connectivity index (χ4n) is 3.31. The lowest BCUT2D eigenvalue weighted by molar-refractivity contribution is -0.132. The minimum absolute atomic E-state index is 0.0440. The van der Waals surface area contributed by atoms with Crippen LogP contribution in [0.2, 0.25) is 5.02 Å². The first kappa shape index (κ1) is 22.4. The summed E-state index contributed by atoms with van der Waals surface area (Å²) in [6.07, 6.45) is 2.15. The van der Waals surface area contributed by atoms with Crippen LogP contribution >= 0.6 is 23.4 Å². The van der Waals surface area contributed by atoms with E-state index < -0.39 is 0 Å². The molecule has 5 nitrogen and oxygen atoms in total. The van der Waals surface area contributed by atoms with Crippen molar-refractivity contribution in [1.29, 1.82) is 0 Å². The van der Waals surface area contributed by atoms with Gasteiger partial charge in [-0.3, -0.25) is 14.5 Å². The zero-order chi connectivity index (χ0) is 21.3. The van der Waals surface area contributed by atoms with Gasteiger partial charge in [0.2, 0.25) is 11.8 Å². The molecule has 1 aliphatic rings. The average molecular weight is 444 g/mol. The fraction of sp³-hybridized carbons (Fsp3) is 0.304. The Kier molecular flexibility index (Phi) is 8.37. The summed E-state index contributed by atoms with van der Waals surface area (Å²) in [5, 5.41) is 3.63. The van der Waals surface area contributed by atoms with Gasteiger partial charge in [-0.25, -0.2) is 0 Å². The number of nitrogens with one attached hydrogen (secondary N) is 1. The minimum Gasteiger partial charge on any atom is -0.340 e. The van der Waals surface area contributed by atoms with E-state index in [1.807, 2.05) is 53.4 Å². The van der Waals surface area contributed by atoms with E-state index in [4.69, 9.17) is 11.6 Å². The van der Waals surface area contributed by atoms with Crippen LogP contribution in [0.3, 0.4) is 0 Å². The summed E-state index contributed by atoms with van der Waals surface area (Å²) in [6, 6.07) is 15.2. The molecule has 1 saturated heterocycles. The molecule has 3 rings (SSSR count). The van der Waals surface area contributed by atoms with Crippen molar-refractivity contribution in [2.45, 2.75) is 11.3 Å². The first-order valence-corrected chi connectivity index (χ1v) is 11.3. The molecule has 1 aliphatic heterocycles. The Morgan fingerprint density at radius 1 is 1.07 bits per heavy atom. The van der Waals surface area contributed by atoms with Crippen molar-refractivity contribution in [3.05, 3.63) is 71.8 Å². The third-order valence-electron chi connectivity index (χ3n) is 4.91. The molecule has 2 aromatic rings. The second kappa shape index (κ2) is 11.2. The zero-order valence-electron chi connectivity index (χ0n) is 16.9. The molecule has 2 amide bonds. The molecule has 0 saturated carbocycles. The van der Waals surface area contributed by atoms with Gasteiger partial charge in [-0.05, 0) is 23.8 Å². The van der Waals surface area contributed by atoms with Crippen molar-refractivity contribution in [2.75, 3.05) is 43.8 Å². The van der Waals surface area contributed by atoms with Gasteiger partial charge in [0.25, 0.3) is 0 Å². The van der Waals surface area contributed by atoms with Gasteiger partial charge in [0, 0.05) is 41.8 Å². The maximum atomic E-state index is 12.6. The Balaban J connectivity index is 1.46. The van der Waals surface area contributed by atoms with E-state index in [1.54, 1.807) is 17.8 Å². The number of rotatable bonds is 8. The quantitative estimate of drug-likeness (QED) is 0.496. The first-order chi connectivity index (χ1) is 14.6. The largest absolute Gasteiger partial charge is 0.340 e. The molecule has 0 atom stereocenters. The van der Waals surface area contributed by atoms with Gasteiger partial charge in [0.05, 0.1) is 18.7 Å². The number of amides is 2. The van der Waals surface area contributed by atoms with Gasteiger partial charge in [0.1, 0.15) is 0 Å². The van der Waals surface area contributed by atoms with Crippen LogP contribution < -0.4 is 5.32 Å². The molecular weight excluding hydrogens is 418 g/mol. The molecule has 0 aliphatic carbocycles. The third-order valence-corrected chi connectivity index (χ3v) is 6.35. The smallest absolute Gasteiger partial charge is 0.238 e. The Bertz CT molecular complexity index is 898. The van der Waals surface area contributed by atoms with Crippen molar-refractivity contribution in [2.24, 2.45) is 0 Å². The highest BCUT2D eigenvalue weighted by Crippen LogP contribution is 2.27. The molecule has 0 unspecified atom stereocenters. The third kappa shape index (κ3) is 6.36. The maximum absolute atomic E-state index is 12.6. The number of hydrogen-bond acceptors (Lipinski definition) is 4. The number of carbonyl (C=O) groups is 2. The van der Waals surface area contributed by atoms with Crippen molar-refractivity contribution in [3.63, 3.8) is 0 Å². The number of carbonyl (C=O) groups excluding carboxylic acids is 2. The SMILES string of the molecule is C=CCSc1ccccc1NC(=O)CN1CCN(C(=O)Cc2ccccc2Cl)CC1. The van der Waals surface area contributed by atoms with E-state index >= 15 is 0 Å². The van der Waals surface area contributed by atoms with Crippen LogP contribution in [-0.4, -0.2) is 60.1 Å². The van der Waals surface area contributed by atoms with Crippen LogP contribution in [0.25, 0.3) is 0 Å². The van der Waals surface area contributed by atoms with Crippen LogP contribution in [0.1, 0.15) is 5.56 Å². The molecule has 1 heterocycles. The summed E-state index contributed by atoms with van der Waals surface area (Å²) in [7, 11) is 0. The summed E-state index contributed by atoms with van der Waals surface area (Å²) >= 11 is 7.80. The summed E-state index contributed by atoms with van der Waals surface area (Å²) in [6.45, 7) is 6.63. The number of hydrogen-bond donors (Lipinski definition) is 1. The summed E-state index contributed by atoms with van der Waals surface area (Å²) in [5.74, 6) is 0.815. The molecule has 1 fully saturated rings. The Morgan fingerprint density at radius 2 is 1.77 bits per heavy atom. The Hall–Kier alpha value is -2.28. The Morgan fingerprint density at radius 3 is 2.50 bits per heavy atom. The predicted octanol–water partition coefficient (Wildman–Crippen LogP) is 3.94. The number of benzene rings is 2. The van der Waals surface area contributed by atoms with Crippen molar-refractivity contribution in [1.82, 2.24) is 9.80 Å². The molecule has 0 bridgehead atoms. The molecule has 158 valence electrons. The van der Waals surface area contributed by atoms with Crippen LogP contribution in [0.15, 0.2) is 66.1 Å². The molecule has 1 N–H and O–H groups in total. The van der Waals surface area contributed by atoms with Gasteiger partial charge in [0.15, 0.2) is 0 Å². The molecule has 7 heteroatoms. The van der Waals surface area contributed by atoms with Crippen molar-refractivity contribution < 1.29 is 9.59 Å². The zero-order valence-corrected chi connectivity index (χ0v) is 18.4. The van der Waals surface area contributed by atoms with E-state index in [0.717, 1.165) is 21.9 Å². The minimum atomic E-state index is -0.0440. The lowest BCUT2D eigenvalue weighted by atomic mass is 10.1. The van der Waals surface area contributed by atoms with Crippen molar-refractivity contribution >= 4 is 40.9 Å². The number of anilines is 1. The van der Waals surface area contributed by atoms with E-state index in [0.29, 0.717) is 44.2 Å². The molecule has 0 spiro atoms. The molecule has 30 heavy (non-hydrogen) atoms. The standard InChI is InChI=1S/C23H26ClN3O2S/c1-2-15-30-21-10-6-5-9-20(21)25-22(28)17-26-11-13-27(14-12-26)23(29)16-18-7-3-4-8-19(18)24/h2-10H,1,11-17H2,(H,25,28). The fourth-order valence-corrected chi connectivity index (χ4v) is 4.26. The highest BCUT2D eigenvalue weighted by atomic mass is 35.5. The lowest BCUT2D eigenvalue weighted by Gasteiger charge is -2.34. The average Bonchev–Trinajstić information content (AvgIpc) is 2.75. The van der Waals surface area contributed by atoms with Gasteiger partial charge in [-0.1, -0.05) is 48.0 Å². The maximum Gasteiger partial charge on any atom is 0.238 e. The van der Waals surface area contributed by atoms with Gasteiger partial charge in [-0.2, -0.15) is 0 Å². The Labute approximate surface area is 187 Å².